The zero-order valence-electron chi connectivity index (χ0n) is 12.8. The monoisotopic (exact) mass is 315 g/mol. The zero-order valence-corrected chi connectivity index (χ0v) is 13.6. The molecule has 2 amide bonds. The van der Waals surface area contributed by atoms with Gasteiger partial charge in [0.2, 0.25) is 0 Å². The molecule has 0 fully saturated rings. The van der Waals surface area contributed by atoms with Crippen LogP contribution < -0.4 is 5.32 Å². The second kappa shape index (κ2) is 6.92. The first-order chi connectivity index (χ1) is 10.8. The maximum absolute atomic E-state index is 12.6. The standard InChI is InChI=1S/C17H21N3OS/c1-2-15(16-18-9-12-22-16)19-17(21)20-10-7-13-5-3-4-6-14(13)8-11-20/h3-6,9,12,15H,2,7-8,10-11H2,1H3,(H,19,21)/t15-/m0/s1. The molecule has 1 aliphatic heterocycles. The Balaban J connectivity index is 1.64. The lowest BCUT2D eigenvalue weighted by atomic mass is 10.0. The first-order valence-corrected chi connectivity index (χ1v) is 8.67. The first-order valence-electron chi connectivity index (χ1n) is 7.79. The molecule has 4 nitrogen and oxygen atoms in total. The molecule has 2 heterocycles. The van der Waals surface area contributed by atoms with Crippen molar-refractivity contribution >= 4 is 17.4 Å². The lowest BCUT2D eigenvalue weighted by molar-refractivity contribution is 0.195. The maximum Gasteiger partial charge on any atom is 0.317 e. The quantitative estimate of drug-likeness (QED) is 0.943. The average Bonchev–Trinajstić information content (AvgIpc) is 2.99. The number of amides is 2. The van der Waals surface area contributed by atoms with E-state index in [1.165, 1.54) is 11.1 Å². The van der Waals surface area contributed by atoms with Crippen molar-refractivity contribution in [2.24, 2.45) is 0 Å². The van der Waals surface area contributed by atoms with E-state index in [4.69, 9.17) is 0 Å². The van der Waals surface area contributed by atoms with Crippen molar-refractivity contribution in [2.75, 3.05) is 13.1 Å². The van der Waals surface area contributed by atoms with Gasteiger partial charge in [-0.15, -0.1) is 11.3 Å². The molecular weight excluding hydrogens is 294 g/mol. The van der Waals surface area contributed by atoms with Crippen LogP contribution in [0.15, 0.2) is 35.8 Å². The topological polar surface area (TPSA) is 45.2 Å². The molecule has 0 saturated heterocycles. The number of hydrogen-bond acceptors (Lipinski definition) is 3. The fourth-order valence-corrected chi connectivity index (χ4v) is 3.63. The smallest absolute Gasteiger partial charge is 0.317 e. The number of carbonyl (C=O) groups excluding carboxylic acids is 1. The number of nitrogens with one attached hydrogen (secondary N) is 1. The van der Waals surface area contributed by atoms with Gasteiger partial charge in [0.05, 0.1) is 6.04 Å². The van der Waals surface area contributed by atoms with E-state index in [-0.39, 0.29) is 12.1 Å². The van der Waals surface area contributed by atoms with E-state index in [2.05, 4.69) is 41.5 Å². The molecule has 0 saturated carbocycles. The van der Waals surface area contributed by atoms with Crippen LogP contribution in [0.2, 0.25) is 0 Å². The summed E-state index contributed by atoms with van der Waals surface area (Å²) in [4.78, 5) is 18.8. The van der Waals surface area contributed by atoms with Crippen molar-refractivity contribution in [3.05, 3.63) is 52.0 Å². The van der Waals surface area contributed by atoms with Gasteiger partial charge in [-0.1, -0.05) is 31.2 Å². The Kier molecular flexibility index (Phi) is 4.73. The molecule has 1 aromatic heterocycles. The minimum atomic E-state index is 0.0122. The van der Waals surface area contributed by atoms with Gasteiger partial charge < -0.3 is 10.2 Å². The molecule has 2 aromatic rings. The average molecular weight is 315 g/mol. The molecule has 5 heteroatoms. The van der Waals surface area contributed by atoms with Crippen LogP contribution in [0.3, 0.4) is 0 Å². The van der Waals surface area contributed by atoms with Crippen LogP contribution in [-0.2, 0) is 12.8 Å². The van der Waals surface area contributed by atoms with Gasteiger partial charge in [0.1, 0.15) is 5.01 Å². The molecule has 0 bridgehead atoms. The molecule has 0 radical (unpaired) electrons. The number of thiazole rings is 1. The normalized spacial score (nSPS) is 15.8. The Bertz CT molecular complexity index is 600. The van der Waals surface area contributed by atoms with Crippen molar-refractivity contribution in [3.63, 3.8) is 0 Å². The van der Waals surface area contributed by atoms with Crippen LogP contribution in [0.25, 0.3) is 0 Å². The summed E-state index contributed by atoms with van der Waals surface area (Å²) in [6, 6.07) is 8.52. The minimum Gasteiger partial charge on any atom is -0.329 e. The highest BCUT2D eigenvalue weighted by atomic mass is 32.1. The van der Waals surface area contributed by atoms with Gasteiger partial charge in [0, 0.05) is 24.7 Å². The van der Waals surface area contributed by atoms with Crippen molar-refractivity contribution in [1.29, 1.82) is 0 Å². The van der Waals surface area contributed by atoms with Crippen molar-refractivity contribution in [2.45, 2.75) is 32.2 Å². The fourth-order valence-electron chi connectivity index (χ4n) is 2.86. The van der Waals surface area contributed by atoms with E-state index in [1.807, 2.05) is 10.3 Å². The second-order valence-corrected chi connectivity index (χ2v) is 6.46. The molecule has 0 unspecified atom stereocenters. The molecule has 22 heavy (non-hydrogen) atoms. The van der Waals surface area contributed by atoms with Crippen LogP contribution in [-0.4, -0.2) is 29.0 Å². The van der Waals surface area contributed by atoms with Gasteiger partial charge >= 0.3 is 6.03 Å². The zero-order chi connectivity index (χ0) is 15.4. The minimum absolute atomic E-state index is 0.0122. The van der Waals surface area contributed by atoms with E-state index >= 15 is 0 Å². The Morgan fingerprint density at radius 3 is 2.55 bits per heavy atom. The van der Waals surface area contributed by atoms with Crippen LogP contribution >= 0.6 is 11.3 Å². The van der Waals surface area contributed by atoms with Gasteiger partial charge in [-0.25, -0.2) is 9.78 Å². The van der Waals surface area contributed by atoms with E-state index in [0.717, 1.165) is 37.4 Å². The van der Waals surface area contributed by atoms with Crippen LogP contribution in [0.4, 0.5) is 4.79 Å². The third kappa shape index (κ3) is 3.30. The number of carbonyl (C=O) groups is 1. The molecule has 1 aromatic carbocycles. The number of nitrogens with zero attached hydrogens (tertiary/aromatic N) is 2. The lowest BCUT2D eigenvalue weighted by Gasteiger charge is -2.24. The summed E-state index contributed by atoms with van der Waals surface area (Å²) in [7, 11) is 0. The lowest BCUT2D eigenvalue weighted by Crippen LogP contribution is -2.42. The van der Waals surface area contributed by atoms with Gasteiger partial charge in [0.25, 0.3) is 0 Å². The summed E-state index contributed by atoms with van der Waals surface area (Å²) >= 11 is 1.59. The second-order valence-electron chi connectivity index (χ2n) is 5.54. The number of urea groups is 1. The number of rotatable bonds is 3. The number of benzene rings is 1. The summed E-state index contributed by atoms with van der Waals surface area (Å²) < 4.78 is 0. The molecule has 0 spiro atoms. The largest absolute Gasteiger partial charge is 0.329 e. The van der Waals surface area contributed by atoms with E-state index < -0.39 is 0 Å². The third-order valence-corrected chi connectivity index (χ3v) is 5.05. The predicted molar refractivity (Wildman–Crippen MR) is 89.1 cm³/mol. The van der Waals surface area contributed by atoms with Gasteiger partial charge in [0.15, 0.2) is 0 Å². The molecule has 1 atom stereocenters. The van der Waals surface area contributed by atoms with E-state index in [0.29, 0.717) is 0 Å². The van der Waals surface area contributed by atoms with Crippen molar-refractivity contribution in [3.8, 4) is 0 Å². The summed E-state index contributed by atoms with van der Waals surface area (Å²) in [6.07, 6.45) is 4.50. The highest BCUT2D eigenvalue weighted by Crippen LogP contribution is 2.20. The first kappa shape index (κ1) is 15.0. The molecule has 0 aliphatic carbocycles. The summed E-state index contributed by atoms with van der Waals surface area (Å²) in [5.74, 6) is 0. The summed E-state index contributed by atoms with van der Waals surface area (Å²) in [6.45, 7) is 3.62. The van der Waals surface area contributed by atoms with Crippen molar-refractivity contribution in [1.82, 2.24) is 15.2 Å². The molecule has 116 valence electrons. The summed E-state index contributed by atoms with van der Waals surface area (Å²) in [5.41, 5.74) is 2.73. The highest BCUT2D eigenvalue weighted by molar-refractivity contribution is 7.09. The van der Waals surface area contributed by atoms with Gasteiger partial charge in [-0.05, 0) is 30.4 Å². The Hall–Kier alpha value is -1.88. The number of fused-ring (bicyclic) bond motifs is 1. The van der Waals surface area contributed by atoms with Crippen LogP contribution in [0, 0.1) is 0 Å². The third-order valence-electron chi connectivity index (χ3n) is 4.16. The van der Waals surface area contributed by atoms with Gasteiger partial charge in [-0.2, -0.15) is 0 Å². The number of hydrogen-bond donors (Lipinski definition) is 1. The van der Waals surface area contributed by atoms with E-state index in [1.54, 1.807) is 17.5 Å². The van der Waals surface area contributed by atoms with Crippen LogP contribution in [0.5, 0.6) is 0 Å². The Labute approximate surface area is 135 Å². The molecule has 1 aliphatic rings. The Morgan fingerprint density at radius 2 is 2.00 bits per heavy atom. The molecule has 3 rings (SSSR count). The Morgan fingerprint density at radius 1 is 1.32 bits per heavy atom. The van der Waals surface area contributed by atoms with E-state index in [9.17, 15) is 4.79 Å². The molecular formula is C17H21N3OS. The predicted octanol–water partition coefficient (Wildman–Crippen LogP) is 3.40. The summed E-state index contributed by atoms with van der Waals surface area (Å²) in [5, 5.41) is 6.06. The SMILES string of the molecule is CC[C@H](NC(=O)N1CCc2ccccc2CC1)c1nccs1. The van der Waals surface area contributed by atoms with Crippen molar-refractivity contribution < 1.29 is 4.79 Å². The fraction of sp³-hybridized carbons (Fsp3) is 0.412. The van der Waals surface area contributed by atoms with Crippen LogP contribution in [0.1, 0.15) is 35.5 Å². The maximum atomic E-state index is 12.6. The number of aromatic nitrogens is 1. The highest BCUT2D eigenvalue weighted by Gasteiger charge is 2.21. The molecule has 1 N–H and O–H groups in total. The van der Waals surface area contributed by atoms with Gasteiger partial charge in [-0.3, -0.25) is 0 Å².